The van der Waals surface area contributed by atoms with Crippen molar-refractivity contribution in [2.45, 2.75) is 38.8 Å². The molecule has 3 aromatic carbocycles. The topological polar surface area (TPSA) is 45.5 Å². The molecule has 4 nitrogen and oxygen atoms in total. The summed E-state index contributed by atoms with van der Waals surface area (Å²) in [4.78, 5) is 14.6. The number of nitrogens with one attached hydrogen (secondary N) is 1. The molecular formula is C27H28N2O2. The molecular weight excluding hydrogens is 384 g/mol. The molecule has 0 bridgehead atoms. The molecule has 1 saturated heterocycles. The van der Waals surface area contributed by atoms with Crippen LogP contribution in [0, 0.1) is 0 Å². The summed E-state index contributed by atoms with van der Waals surface area (Å²) in [5.41, 5.74) is 3.86. The number of hydrogen-bond acceptors (Lipinski definition) is 4. The van der Waals surface area contributed by atoms with Gasteiger partial charge in [-0.15, -0.1) is 0 Å². The van der Waals surface area contributed by atoms with Crippen LogP contribution in [0.25, 0.3) is 21.7 Å². The largest absolute Gasteiger partial charge is 0.423 e. The highest BCUT2D eigenvalue weighted by atomic mass is 16.4. The van der Waals surface area contributed by atoms with E-state index in [1.165, 1.54) is 21.9 Å². The number of rotatable bonds is 5. The number of aryl methyl sites for hydroxylation is 1. The molecule has 1 aliphatic heterocycles. The van der Waals surface area contributed by atoms with Crippen LogP contribution in [0.15, 0.2) is 75.9 Å². The van der Waals surface area contributed by atoms with Crippen LogP contribution in [0.1, 0.15) is 30.9 Å². The Morgan fingerprint density at radius 2 is 1.71 bits per heavy atom. The minimum absolute atomic E-state index is 0.298. The third kappa shape index (κ3) is 4.35. The summed E-state index contributed by atoms with van der Waals surface area (Å²) in [7, 11) is 0. The molecule has 0 unspecified atom stereocenters. The first-order valence-electron chi connectivity index (χ1n) is 11.2. The number of piperidine rings is 1. The zero-order valence-electron chi connectivity index (χ0n) is 17.9. The van der Waals surface area contributed by atoms with E-state index in [0.29, 0.717) is 11.6 Å². The Balaban J connectivity index is 1.26. The predicted molar refractivity (Wildman–Crippen MR) is 128 cm³/mol. The minimum atomic E-state index is -0.298. The molecule has 5 rings (SSSR count). The SMILES string of the molecule is CCc1ccc2oc(=O)cc(NC3CCN(Cc4ccc5ccccc5c4)CC3)c2c1. The lowest BCUT2D eigenvalue weighted by Gasteiger charge is -2.33. The Labute approximate surface area is 182 Å². The van der Waals surface area contributed by atoms with Crippen molar-refractivity contribution in [3.8, 4) is 0 Å². The third-order valence-corrected chi connectivity index (χ3v) is 6.38. The highest BCUT2D eigenvalue weighted by Crippen LogP contribution is 2.26. The van der Waals surface area contributed by atoms with Crippen molar-refractivity contribution in [3.63, 3.8) is 0 Å². The van der Waals surface area contributed by atoms with E-state index in [4.69, 9.17) is 4.42 Å². The van der Waals surface area contributed by atoms with Gasteiger partial charge >= 0.3 is 5.63 Å². The van der Waals surface area contributed by atoms with E-state index in [1.54, 1.807) is 6.07 Å². The minimum Gasteiger partial charge on any atom is -0.423 e. The number of benzene rings is 3. The van der Waals surface area contributed by atoms with Crippen molar-refractivity contribution in [1.82, 2.24) is 4.90 Å². The Bertz CT molecular complexity index is 1270. The van der Waals surface area contributed by atoms with E-state index >= 15 is 0 Å². The maximum atomic E-state index is 12.0. The number of anilines is 1. The van der Waals surface area contributed by atoms with Gasteiger partial charge in [0.2, 0.25) is 0 Å². The first kappa shape index (κ1) is 19.8. The molecule has 0 atom stereocenters. The van der Waals surface area contributed by atoms with Crippen LogP contribution in [0.2, 0.25) is 0 Å². The second kappa shape index (κ2) is 8.56. The van der Waals surface area contributed by atoms with E-state index in [-0.39, 0.29) is 5.63 Å². The number of nitrogens with zero attached hydrogens (tertiary/aromatic N) is 1. The van der Waals surface area contributed by atoms with Crippen molar-refractivity contribution < 1.29 is 4.42 Å². The Kier molecular flexibility index (Phi) is 5.47. The average molecular weight is 413 g/mol. The summed E-state index contributed by atoms with van der Waals surface area (Å²) in [6.07, 6.45) is 3.08. The van der Waals surface area contributed by atoms with Crippen LogP contribution in [0.3, 0.4) is 0 Å². The average Bonchev–Trinajstić information content (AvgIpc) is 2.80. The van der Waals surface area contributed by atoms with Gasteiger partial charge < -0.3 is 9.73 Å². The van der Waals surface area contributed by atoms with Crippen LogP contribution in [-0.4, -0.2) is 24.0 Å². The maximum Gasteiger partial charge on any atom is 0.338 e. The zero-order chi connectivity index (χ0) is 21.2. The zero-order valence-corrected chi connectivity index (χ0v) is 17.9. The van der Waals surface area contributed by atoms with Gasteiger partial charge in [0.15, 0.2) is 0 Å². The van der Waals surface area contributed by atoms with Crippen LogP contribution >= 0.6 is 0 Å². The number of fused-ring (bicyclic) bond motifs is 2. The van der Waals surface area contributed by atoms with Crippen molar-refractivity contribution in [3.05, 3.63) is 88.3 Å². The second-order valence-electron chi connectivity index (χ2n) is 8.54. The molecule has 1 fully saturated rings. The van der Waals surface area contributed by atoms with E-state index in [9.17, 15) is 4.79 Å². The monoisotopic (exact) mass is 412 g/mol. The van der Waals surface area contributed by atoms with E-state index in [2.05, 4.69) is 65.7 Å². The van der Waals surface area contributed by atoms with Crippen molar-refractivity contribution in [2.24, 2.45) is 0 Å². The summed E-state index contributed by atoms with van der Waals surface area (Å²) < 4.78 is 5.40. The van der Waals surface area contributed by atoms with Gasteiger partial charge in [0.25, 0.3) is 0 Å². The molecule has 31 heavy (non-hydrogen) atoms. The molecule has 0 radical (unpaired) electrons. The van der Waals surface area contributed by atoms with Crippen LogP contribution in [0.4, 0.5) is 5.69 Å². The Hall–Kier alpha value is -3.11. The quantitative estimate of drug-likeness (QED) is 0.434. The Morgan fingerprint density at radius 1 is 0.935 bits per heavy atom. The maximum absolute atomic E-state index is 12.0. The third-order valence-electron chi connectivity index (χ3n) is 6.38. The molecule has 0 amide bonds. The van der Waals surface area contributed by atoms with Gasteiger partial charge in [-0.25, -0.2) is 4.79 Å². The van der Waals surface area contributed by atoms with Gasteiger partial charge in [-0.1, -0.05) is 49.4 Å². The molecule has 0 saturated carbocycles. The lowest BCUT2D eigenvalue weighted by molar-refractivity contribution is 0.211. The van der Waals surface area contributed by atoms with Crippen LogP contribution in [-0.2, 0) is 13.0 Å². The number of likely N-dealkylation sites (tertiary alicyclic amines) is 1. The summed E-state index contributed by atoms with van der Waals surface area (Å²) in [6, 6.07) is 23.3. The van der Waals surface area contributed by atoms with E-state index in [1.807, 2.05) is 12.1 Å². The standard InChI is InChI=1S/C27H28N2O2/c1-2-19-8-10-26-24(16-19)25(17-27(30)31-26)28-23-11-13-29(14-12-23)18-20-7-9-21-5-3-4-6-22(21)15-20/h3-10,15-17,23,28H,2,11-14,18H2,1H3. The summed E-state index contributed by atoms with van der Waals surface area (Å²) >= 11 is 0. The summed E-state index contributed by atoms with van der Waals surface area (Å²) in [5, 5.41) is 7.23. The predicted octanol–water partition coefficient (Wildman–Crippen LogP) is 5.59. The van der Waals surface area contributed by atoms with E-state index in [0.717, 1.165) is 50.0 Å². The lowest BCUT2D eigenvalue weighted by Crippen LogP contribution is -2.38. The van der Waals surface area contributed by atoms with Crippen molar-refractivity contribution in [1.29, 1.82) is 0 Å². The molecule has 1 aliphatic rings. The van der Waals surface area contributed by atoms with Gasteiger partial charge in [0, 0.05) is 37.1 Å². The summed E-state index contributed by atoms with van der Waals surface area (Å²) in [6.45, 7) is 5.21. The molecule has 0 aliphatic carbocycles. The smallest absolute Gasteiger partial charge is 0.338 e. The van der Waals surface area contributed by atoms with E-state index < -0.39 is 0 Å². The molecule has 1 N–H and O–H groups in total. The first-order valence-corrected chi connectivity index (χ1v) is 11.2. The van der Waals surface area contributed by atoms with Crippen molar-refractivity contribution >= 4 is 27.4 Å². The summed E-state index contributed by atoms with van der Waals surface area (Å²) in [5.74, 6) is 0. The van der Waals surface area contributed by atoms with Gasteiger partial charge in [-0.2, -0.15) is 0 Å². The molecule has 2 heterocycles. The number of hydrogen-bond donors (Lipinski definition) is 1. The highest BCUT2D eigenvalue weighted by molar-refractivity contribution is 5.90. The van der Waals surface area contributed by atoms with Crippen LogP contribution in [0.5, 0.6) is 0 Å². The molecule has 4 heteroatoms. The fourth-order valence-electron chi connectivity index (χ4n) is 4.60. The van der Waals surface area contributed by atoms with Gasteiger partial charge in [0.05, 0.1) is 5.69 Å². The fraction of sp³-hybridized carbons (Fsp3) is 0.296. The highest BCUT2D eigenvalue weighted by Gasteiger charge is 2.20. The van der Waals surface area contributed by atoms with Crippen molar-refractivity contribution in [2.75, 3.05) is 18.4 Å². The van der Waals surface area contributed by atoms with Gasteiger partial charge in [-0.3, -0.25) is 4.90 Å². The van der Waals surface area contributed by atoms with Gasteiger partial charge in [-0.05, 0) is 59.4 Å². The molecule has 1 aromatic heterocycles. The lowest BCUT2D eigenvalue weighted by atomic mass is 10.0. The normalized spacial score (nSPS) is 15.5. The Morgan fingerprint density at radius 3 is 2.52 bits per heavy atom. The molecule has 158 valence electrons. The fourth-order valence-corrected chi connectivity index (χ4v) is 4.60. The first-order chi connectivity index (χ1) is 15.2. The molecule has 4 aromatic rings. The van der Waals surface area contributed by atoms with Crippen LogP contribution < -0.4 is 10.9 Å². The van der Waals surface area contributed by atoms with Gasteiger partial charge in [0.1, 0.15) is 5.58 Å². The second-order valence-corrected chi connectivity index (χ2v) is 8.54. The molecule has 0 spiro atoms.